The summed E-state index contributed by atoms with van der Waals surface area (Å²) in [5.41, 5.74) is 0. The fourth-order valence-electron chi connectivity index (χ4n) is 0.898. The van der Waals surface area contributed by atoms with E-state index < -0.39 is 0 Å². The van der Waals surface area contributed by atoms with Crippen LogP contribution < -0.4 is 11.7 Å². The summed E-state index contributed by atoms with van der Waals surface area (Å²) in [4.78, 5) is 0. The Balaban J connectivity index is 2.77. The van der Waals surface area contributed by atoms with E-state index >= 15 is 0 Å². The van der Waals surface area contributed by atoms with E-state index in [2.05, 4.69) is 6.92 Å². The minimum Gasteiger partial charge on any atom is -0.255 e. The molecule has 0 aromatic rings. The molecule has 0 bridgehead atoms. The second kappa shape index (κ2) is 6.99. The maximum Gasteiger partial charge on any atom is 0.0283 e. The van der Waals surface area contributed by atoms with E-state index in [1.165, 1.54) is 30.8 Å². The van der Waals surface area contributed by atoms with Crippen molar-refractivity contribution in [1.82, 2.24) is 5.12 Å². The zero-order valence-electron chi connectivity index (χ0n) is 6.84. The average Bonchev–Trinajstić information content (AvgIpc) is 1.87. The third kappa shape index (κ3) is 7.88. The lowest BCUT2D eigenvalue weighted by Gasteiger charge is -2.07. The molecule has 10 heavy (non-hydrogen) atoms. The molecule has 0 aliphatic heterocycles. The number of hydrazine groups is 2. The van der Waals surface area contributed by atoms with Gasteiger partial charge in [0.15, 0.2) is 0 Å². The van der Waals surface area contributed by atoms with Gasteiger partial charge in [-0.05, 0) is 6.42 Å². The molecule has 0 aliphatic rings. The fraction of sp³-hybridized carbons (Fsp3) is 1.00. The molecule has 0 rings (SSSR count). The molecule has 62 valence electrons. The Hall–Kier alpha value is -0.120. The van der Waals surface area contributed by atoms with Gasteiger partial charge in [0.1, 0.15) is 0 Å². The summed E-state index contributed by atoms with van der Waals surface area (Å²) in [6.45, 7) is 3.02. The van der Waals surface area contributed by atoms with Crippen LogP contribution in [0.2, 0.25) is 0 Å². The lowest BCUT2D eigenvalue weighted by Crippen LogP contribution is -2.38. The van der Waals surface area contributed by atoms with Gasteiger partial charge in [0.25, 0.3) is 0 Å². The molecule has 4 N–H and O–H groups in total. The zero-order chi connectivity index (χ0) is 7.82. The van der Waals surface area contributed by atoms with Crippen LogP contribution in [-0.2, 0) is 0 Å². The smallest absolute Gasteiger partial charge is 0.0283 e. The van der Waals surface area contributed by atoms with E-state index in [0.717, 1.165) is 13.0 Å². The average molecular weight is 145 g/mol. The summed E-state index contributed by atoms with van der Waals surface area (Å²) < 4.78 is 0. The van der Waals surface area contributed by atoms with Crippen molar-refractivity contribution in [3.63, 3.8) is 0 Å². The summed E-state index contributed by atoms with van der Waals surface area (Å²) in [5, 5.41) is 1.26. The van der Waals surface area contributed by atoms with Crippen LogP contribution in [-0.4, -0.2) is 11.7 Å². The molecule has 0 spiro atoms. The number of nitrogens with zero attached hydrogens (tertiary/aromatic N) is 1. The SMILES string of the molecule is CCCCCCCN(N)N. The molecular formula is C7H19N3. The molecular weight excluding hydrogens is 126 g/mol. The Kier molecular flexibility index (Phi) is 6.91. The zero-order valence-corrected chi connectivity index (χ0v) is 6.84. The van der Waals surface area contributed by atoms with Crippen LogP contribution in [0, 0.1) is 0 Å². The van der Waals surface area contributed by atoms with Crippen LogP contribution in [0.15, 0.2) is 0 Å². The van der Waals surface area contributed by atoms with Gasteiger partial charge in [0.05, 0.1) is 0 Å². The first-order chi connectivity index (χ1) is 4.77. The maximum atomic E-state index is 5.22. The molecule has 0 aromatic carbocycles. The van der Waals surface area contributed by atoms with Gasteiger partial charge >= 0.3 is 0 Å². The molecule has 0 amide bonds. The van der Waals surface area contributed by atoms with Crippen LogP contribution >= 0.6 is 0 Å². The van der Waals surface area contributed by atoms with Gasteiger partial charge in [0, 0.05) is 6.54 Å². The number of rotatable bonds is 6. The molecule has 3 nitrogen and oxygen atoms in total. The number of unbranched alkanes of at least 4 members (excludes halogenated alkanes) is 4. The van der Waals surface area contributed by atoms with Crippen LogP contribution in [0.1, 0.15) is 39.0 Å². The topological polar surface area (TPSA) is 55.3 Å². The van der Waals surface area contributed by atoms with Crippen LogP contribution in [0.4, 0.5) is 0 Å². The third-order valence-corrected chi connectivity index (χ3v) is 1.52. The van der Waals surface area contributed by atoms with E-state index in [1.807, 2.05) is 0 Å². The van der Waals surface area contributed by atoms with Crippen LogP contribution in [0.5, 0.6) is 0 Å². The summed E-state index contributed by atoms with van der Waals surface area (Å²) in [6, 6.07) is 0. The molecule has 0 unspecified atom stereocenters. The van der Waals surface area contributed by atoms with Gasteiger partial charge in [-0.25, -0.2) is 0 Å². The first-order valence-electron chi connectivity index (χ1n) is 4.04. The highest BCUT2D eigenvalue weighted by molar-refractivity contribution is 4.43. The second-order valence-corrected chi connectivity index (χ2v) is 2.65. The van der Waals surface area contributed by atoms with Crippen molar-refractivity contribution in [3.8, 4) is 0 Å². The monoisotopic (exact) mass is 145 g/mol. The largest absolute Gasteiger partial charge is 0.255 e. The highest BCUT2D eigenvalue weighted by atomic mass is 15.6. The minimum absolute atomic E-state index is 0.809. The van der Waals surface area contributed by atoms with Gasteiger partial charge in [-0.15, -0.1) is 0 Å². The van der Waals surface area contributed by atoms with E-state index in [4.69, 9.17) is 11.7 Å². The summed E-state index contributed by atoms with van der Waals surface area (Å²) >= 11 is 0. The number of nitrogens with two attached hydrogens (primary N) is 2. The number of hydrogen-bond acceptors (Lipinski definition) is 3. The van der Waals surface area contributed by atoms with Gasteiger partial charge in [-0.3, -0.25) is 11.7 Å². The van der Waals surface area contributed by atoms with Crippen molar-refractivity contribution < 1.29 is 0 Å². The molecule has 0 heterocycles. The Morgan fingerprint density at radius 2 is 1.60 bits per heavy atom. The van der Waals surface area contributed by atoms with E-state index in [1.54, 1.807) is 0 Å². The summed E-state index contributed by atoms with van der Waals surface area (Å²) in [5.74, 6) is 10.4. The molecule has 0 radical (unpaired) electrons. The molecule has 0 aliphatic carbocycles. The van der Waals surface area contributed by atoms with Crippen LogP contribution in [0.3, 0.4) is 0 Å². The molecule has 0 saturated carbocycles. The van der Waals surface area contributed by atoms with Crippen molar-refractivity contribution in [2.45, 2.75) is 39.0 Å². The second-order valence-electron chi connectivity index (χ2n) is 2.65. The van der Waals surface area contributed by atoms with Crippen molar-refractivity contribution in [3.05, 3.63) is 0 Å². The molecule has 3 heteroatoms. The van der Waals surface area contributed by atoms with Gasteiger partial charge in [-0.1, -0.05) is 32.6 Å². The Bertz CT molecular complexity index is 63.9. The van der Waals surface area contributed by atoms with Gasteiger partial charge < -0.3 is 0 Å². The van der Waals surface area contributed by atoms with Crippen molar-refractivity contribution in [2.24, 2.45) is 11.7 Å². The quantitative estimate of drug-likeness (QED) is 0.333. The van der Waals surface area contributed by atoms with E-state index in [9.17, 15) is 0 Å². The fourth-order valence-corrected chi connectivity index (χ4v) is 0.898. The number of hydrogen-bond donors (Lipinski definition) is 2. The van der Waals surface area contributed by atoms with Gasteiger partial charge in [0.2, 0.25) is 0 Å². The lowest BCUT2D eigenvalue weighted by atomic mass is 10.2. The van der Waals surface area contributed by atoms with Crippen molar-refractivity contribution >= 4 is 0 Å². The standard InChI is InChI=1S/C7H19N3/c1-2-3-4-5-6-7-10(8)9/h2-9H2,1H3. The molecule has 0 aromatic heterocycles. The molecule has 0 fully saturated rings. The van der Waals surface area contributed by atoms with Crippen molar-refractivity contribution in [1.29, 1.82) is 0 Å². The van der Waals surface area contributed by atoms with E-state index in [0.29, 0.717) is 0 Å². The first kappa shape index (κ1) is 9.88. The third-order valence-electron chi connectivity index (χ3n) is 1.52. The summed E-state index contributed by atoms with van der Waals surface area (Å²) in [7, 11) is 0. The maximum absolute atomic E-state index is 5.22. The Labute approximate surface area is 63.3 Å². The van der Waals surface area contributed by atoms with Crippen molar-refractivity contribution in [2.75, 3.05) is 6.54 Å². The molecule has 0 atom stereocenters. The highest BCUT2D eigenvalue weighted by Gasteiger charge is 1.90. The normalized spacial score (nSPS) is 10.8. The lowest BCUT2D eigenvalue weighted by molar-refractivity contribution is 0.285. The molecule has 0 saturated heterocycles. The van der Waals surface area contributed by atoms with Gasteiger partial charge in [-0.2, -0.15) is 5.12 Å². The highest BCUT2D eigenvalue weighted by Crippen LogP contribution is 2.01. The minimum atomic E-state index is 0.809. The predicted molar refractivity (Wildman–Crippen MR) is 43.8 cm³/mol. The van der Waals surface area contributed by atoms with E-state index in [-0.39, 0.29) is 0 Å². The van der Waals surface area contributed by atoms with Crippen LogP contribution in [0.25, 0.3) is 0 Å². The first-order valence-corrected chi connectivity index (χ1v) is 4.04. The predicted octanol–water partition coefficient (Wildman–Crippen LogP) is 1.01. The summed E-state index contributed by atoms with van der Waals surface area (Å²) in [6.07, 6.45) is 6.29. The Morgan fingerprint density at radius 1 is 1.00 bits per heavy atom. The Morgan fingerprint density at radius 3 is 2.10 bits per heavy atom.